The second-order valence-corrected chi connectivity index (χ2v) is 8.74. The van der Waals surface area contributed by atoms with Crippen LogP contribution in [0.4, 0.5) is 4.39 Å². The van der Waals surface area contributed by atoms with E-state index in [1.807, 2.05) is 0 Å². The van der Waals surface area contributed by atoms with Crippen LogP contribution >= 0.6 is 0 Å². The van der Waals surface area contributed by atoms with Crippen LogP contribution in [-0.4, -0.2) is 31.8 Å². The quantitative estimate of drug-likeness (QED) is 0.331. The molecule has 0 radical (unpaired) electrons. The van der Waals surface area contributed by atoms with Crippen LogP contribution in [0.15, 0.2) is 82.3 Å². The average molecular weight is 508 g/mol. The molecule has 1 N–H and O–H groups in total. The molecule has 7 rings (SSSR count). The molecule has 186 valence electrons. The van der Waals surface area contributed by atoms with Gasteiger partial charge in [0.25, 0.3) is 0 Å². The van der Waals surface area contributed by atoms with E-state index in [0.717, 1.165) is 0 Å². The molecule has 1 aliphatic heterocycles. The lowest BCUT2D eigenvalue weighted by atomic mass is 9.84. The minimum atomic E-state index is -0.937. The summed E-state index contributed by atoms with van der Waals surface area (Å²) in [5, 5.41) is 15.3. The van der Waals surface area contributed by atoms with Crippen LogP contribution in [0.3, 0.4) is 0 Å². The van der Waals surface area contributed by atoms with E-state index >= 15 is 4.39 Å². The Morgan fingerprint density at radius 2 is 1.87 bits per heavy atom. The van der Waals surface area contributed by atoms with Gasteiger partial charge in [0.15, 0.2) is 28.7 Å². The van der Waals surface area contributed by atoms with Crippen LogP contribution in [0.25, 0.3) is 28.0 Å². The molecule has 3 aromatic heterocycles. The number of nitrogens with zero attached hydrogens (tertiary/aromatic N) is 4. The molecule has 0 aliphatic carbocycles. The predicted molar refractivity (Wildman–Crippen MR) is 134 cm³/mol. The summed E-state index contributed by atoms with van der Waals surface area (Å²) >= 11 is 0. The van der Waals surface area contributed by atoms with Crippen LogP contribution in [0.1, 0.15) is 22.6 Å². The average Bonchev–Trinajstić information content (AvgIpc) is 3.37. The monoisotopic (exact) mass is 508 g/mol. The van der Waals surface area contributed by atoms with Gasteiger partial charge in [-0.25, -0.2) is 23.7 Å². The lowest BCUT2D eigenvalue weighted by Crippen LogP contribution is -2.23. The molecule has 0 saturated carbocycles. The number of aromatic nitrogens is 4. The van der Waals surface area contributed by atoms with Gasteiger partial charge in [-0.15, -0.1) is 5.10 Å². The highest BCUT2D eigenvalue weighted by Crippen LogP contribution is 2.49. The smallest absolute Gasteiger partial charge is 0.344 e. The molecular weight excluding hydrogens is 491 g/mol. The fourth-order valence-electron chi connectivity index (χ4n) is 4.90. The Bertz CT molecular complexity index is 1970. The van der Waals surface area contributed by atoms with Crippen molar-refractivity contribution in [3.8, 4) is 34.5 Å². The number of hydrogen-bond donors (Lipinski definition) is 1. The SMILES string of the molecule is COc1ccc(-c2nc3c4c(ncn3n2)Oc2c(c(=O)oc3ccccc23)C4c2ccccc2F)cc1O. The number of halogens is 1. The van der Waals surface area contributed by atoms with Gasteiger partial charge in [0, 0.05) is 11.1 Å². The minimum Gasteiger partial charge on any atom is -0.504 e. The van der Waals surface area contributed by atoms with Crippen molar-refractivity contribution in [2.45, 2.75) is 5.92 Å². The van der Waals surface area contributed by atoms with Crippen molar-refractivity contribution in [1.29, 1.82) is 0 Å². The van der Waals surface area contributed by atoms with Gasteiger partial charge in [-0.2, -0.15) is 0 Å². The van der Waals surface area contributed by atoms with Crippen LogP contribution in [0.5, 0.6) is 23.1 Å². The number of aromatic hydroxyl groups is 1. The summed E-state index contributed by atoms with van der Waals surface area (Å²) in [6.07, 6.45) is 1.44. The largest absolute Gasteiger partial charge is 0.504 e. The first-order valence-corrected chi connectivity index (χ1v) is 11.6. The second-order valence-electron chi connectivity index (χ2n) is 8.74. The van der Waals surface area contributed by atoms with E-state index in [0.29, 0.717) is 33.5 Å². The summed E-state index contributed by atoms with van der Waals surface area (Å²) in [7, 11) is 1.45. The summed E-state index contributed by atoms with van der Waals surface area (Å²) in [6, 6.07) is 18.0. The van der Waals surface area contributed by atoms with Gasteiger partial charge >= 0.3 is 5.63 Å². The van der Waals surface area contributed by atoms with E-state index in [1.54, 1.807) is 54.6 Å². The predicted octanol–water partition coefficient (Wildman–Crippen LogP) is 5.04. The van der Waals surface area contributed by atoms with Gasteiger partial charge in [-0.1, -0.05) is 30.3 Å². The number of methoxy groups -OCH3 is 1. The van der Waals surface area contributed by atoms with Crippen LogP contribution < -0.4 is 15.1 Å². The van der Waals surface area contributed by atoms with E-state index < -0.39 is 17.4 Å². The number of phenolic OH excluding ortho intramolecular Hbond substituents is 1. The Labute approximate surface area is 213 Å². The van der Waals surface area contributed by atoms with E-state index in [-0.39, 0.29) is 34.3 Å². The molecule has 0 amide bonds. The molecule has 0 saturated heterocycles. The summed E-state index contributed by atoms with van der Waals surface area (Å²) in [4.78, 5) is 22.5. The first-order valence-electron chi connectivity index (χ1n) is 11.6. The third kappa shape index (κ3) is 3.16. The zero-order chi connectivity index (χ0) is 26.0. The van der Waals surface area contributed by atoms with Crippen LogP contribution in [0, 0.1) is 5.82 Å². The highest BCUT2D eigenvalue weighted by atomic mass is 19.1. The summed E-state index contributed by atoms with van der Waals surface area (Å²) in [5.74, 6) is -0.504. The maximum Gasteiger partial charge on any atom is 0.344 e. The molecule has 1 aliphatic rings. The standard InChI is InChI=1S/C28H17FN4O5/c1-36-20-11-10-14(12-18(20)34)25-31-26-23-21(15-6-2-4-8-17(15)29)22-24(38-27(23)30-13-33(26)32-25)16-7-3-5-9-19(16)37-28(22)35/h2-13,21,34H,1H3. The lowest BCUT2D eigenvalue weighted by molar-refractivity contribution is 0.373. The Balaban J connectivity index is 1.52. The molecular formula is C28H17FN4O5. The second kappa shape index (κ2) is 8.13. The molecule has 0 bridgehead atoms. The van der Waals surface area contributed by atoms with Crippen molar-refractivity contribution in [3.05, 3.63) is 106 Å². The maximum atomic E-state index is 15.3. The topological polar surface area (TPSA) is 112 Å². The molecule has 4 heterocycles. The first-order chi connectivity index (χ1) is 18.5. The van der Waals surface area contributed by atoms with Crippen LogP contribution in [0.2, 0.25) is 0 Å². The number of benzene rings is 3. The van der Waals surface area contributed by atoms with E-state index in [4.69, 9.17) is 13.9 Å². The zero-order valence-electron chi connectivity index (χ0n) is 19.8. The van der Waals surface area contributed by atoms with Crippen LogP contribution in [-0.2, 0) is 0 Å². The number of phenols is 1. The van der Waals surface area contributed by atoms with Crippen molar-refractivity contribution in [1.82, 2.24) is 19.6 Å². The highest BCUT2D eigenvalue weighted by molar-refractivity contribution is 5.87. The minimum absolute atomic E-state index is 0.0741. The van der Waals surface area contributed by atoms with Gasteiger partial charge in [-0.05, 0) is 36.4 Å². The summed E-state index contributed by atoms with van der Waals surface area (Å²) in [6.45, 7) is 0. The molecule has 9 nitrogen and oxygen atoms in total. The molecule has 1 atom stereocenters. The van der Waals surface area contributed by atoms with Crippen molar-refractivity contribution in [3.63, 3.8) is 0 Å². The molecule has 0 spiro atoms. The molecule has 1 unspecified atom stereocenters. The maximum absolute atomic E-state index is 15.3. The fraction of sp³-hybridized carbons (Fsp3) is 0.0714. The number of ether oxygens (including phenoxy) is 2. The van der Waals surface area contributed by atoms with Crippen molar-refractivity contribution in [2.75, 3.05) is 7.11 Å². The molecule has 3 aromatic carbocycles. The molecule has 10 heteroatoms. The van der Waals surface area contributed by atoms with Crippen molar-refractivity contribution in [2.24, 2.45) is 0 Å². The van der Waals surface area contributed by atoms with Gasteiger partial charge in [0.2, 0.25) is 5.88 Å². The van der Waals surface area contributed by atoms with Gasteiger partial charge in [0.1, 0.15) is 17.7 Å². The first kappa shape index (κ1) is 22.0. The van der Waals surface area contributed by atoms with E-state index in [1.165, 1.54) is 30.1 Å². The third-order valence-corrected chi connectivity index (χ3v) is 6.62. The highest BCUT2D eigenvalue weighted by Gasteiger charge is 2.38. The van der Waals surface area contributed by atoms with Gasteiger partial charge in [0.05, 0.1) is 29.5 Å². The number of para-hydroxylation sites is 1. The normalized spacial score (nSPS) is 14.2. The fourth-order valence-corrected chi connectivity index (χ4v) is 4.90. The molecule has 38 heavy (non-hydrogen) atoms. The van der Waals surface area contributed by atoms with E-state index in [9.17, 15) is 9.90 Å². The zero-order valence-corrected chi connectivity index (χ0v) is 19.8. The Morgan fingerprint density at radius 1 is 1.05 bits per heavy atom. The number of fused-ring (bicyclic) bond motifs is 6. The lowest BCUT2D eigenvalue weighted by Gasteiger charge is -2.27. The Hall–Kier alpha value is -5.25. The number of rotatable bonds is 3. The number of hydrogen-bond acceptors (Lipinski definition) is 8. The third-order valence-electron chi connectivity index (χ3n) is 6.62. The Morgan fingerprint density at radius 3 is 2.68 bits per heavy atom. The summed E-state index contributed by atoms with van der Waals surface area (Å²) < 4.78 is 33.7. The van der Waals surface area contributed by atoms with E-state index in [2.05, 4.69) is 15.1 Å². The van der Waals surface area contributed by atoms with Crippen molar-refractivity contribution < 1.29 is 23.4 Å². The van der Waals surface area contributed by atoms with Gasteiger partial charge < -0.3 is 19.0 Å². The Kier molecular flexibility index (Phi) is 4.71. The molecule has 6 aromatic rings. The van der Waals surface area contributed by atoms with Gasteiger partial charge in [-0.3, -0.25) is 0 Å². The van der Waals surface area contributed by atoms with Crippen molar-refractivity contribution >= 4 is 16.6 Å². The summed E-state index contributed by atoms with van der Waals surface area (Å²) in [5.41, 5.74) is 1.27. The molecule has 0 fully saturated rings.